The third-order valence-electron chi connectivity index (χ3n) is 4.55. The minimum absolute atomic E-state index is 0.0984. The lowest BCUT2D eigenvalue weighted by molar-refractivity contribution is 0.415. The van der Waals surface area contributed by atoms with E-state index in [1.165, 1.54) is 13.3 Å². The van der Waals surface area contributed by atoms with Crippen molar-refractivity contribution < 1.29 is 21.9 Å². The number of anilines is 1. The Morgan fingerprint density at radius 1 is 1.00 bits per heavy atom. The molecular formula is C21H15ClF2N2O3S. The molecule has 0 aliphatic carbocycles. The summed E-state index contributed by atoms with van der Waals surface area (Å²) in [5.74, 6) is -1.38. The second-order valence-electron chi connectivity index (χ2n) is 6.43. The predicted octanol–water partition coefficient (Wildman–Crippen LogP) is 5.37. The molecule has 1 aromatic heterocycles. The van der Waals surface area contributed by atoms with Crippen LogP contribution in [0.2, 0.25) is 5.02 Å². The third-order valence-corrected chi connectivity index (χ3v) is 6.24. The zero-order chi connectivity index (χ0) is 21.5. The molecule has 0 aliphatic rings. The first kappa shape index (κ1) is 20.2. The molecule has 0 amide bonds. The van der Waals surface area contributed by atoms with E-state index in [0.29, 0.717) is 28.8 Å². The van der Waals surface area contributed by atoms with Crippen LogP contribution in [0.1, 0.15) is 0 Å². The highest BCUT2D eigenvalue weighted by Crippen LogP contribution is 2.33. The molecule has 1 heterocycles. The lowest BCUT2D eigenvalue weighted by atomic mass is 10.2. The maximum Gasteiger partial charge on any atom is 0.264 e. The first-order chi connectivity index (χ1) is 14.3. The molecule has 9 heteroatoms. The molecule has 0 aliphatic heterocycles. The van der Waals surface area contributed by atoms with E-state index >= 15 is 0 Å². The van der Waals surface area contributed by atoms with Gasteiger partial charge >= 0.3 is 0 Å². The van der Waals surface area contributed by atoms with E-state index in [2.05, 4.69) is 4.72 Å². The van der Waals surface area contributed by atoms with Crippen LogP contribution in [0.3, 0.4) is 0 Å². The molecule has 0 bridgehead atoms. The van der Waals surface area contributed by atoms with Gasteiger partial charge in [0, 0.05) is 29.4 Å². The van der Waals surface area contributed by atoms with Crippen molar-refractivity contribution in [2.45, 2.75) is 4.90 Å². The standard InChI is InChI=1S/C21H15ClF2N2O3S/c1-29-14-7-8-15-20(9-14)26(13-5-3-2-4-6-13)12-21(15)30(27,28)25-19-11-17(23)16(22)10-18(19)24/h2-12,25H,1H3. The Balaban J connectivity index is 1.89. The van der Waals surface area contributed by atoms with E-state index in [0.717, 1.165) is 5.69 Å². The lowest BCUT2D eigenvalue weighted by Gasteiger charge is -2.09. The number of methoxy groups -OCH3 is 1. The molecule has 1 N–H and O–H groups in total. The molecule has 4 aromatic rings. The zero-order valence-corrected chi connectivity index (χ0v) is 17.1. The number of sulfonamides is 1. The molecule has 0 saturated heterocycles. The topological polar surface area (TPSA) is 60.3 Å². The van der Waals surface area contributed by atoms with Gasteiger partial charge in [-0.25, -0.2) is 17.2 Å². The van der Waals surface area contributed by atoms with Crippen molar-refractivity contribution in [1.82, 2.24) is 4.57 Å². The summed E-state index contributed by atoms with van der Waals surface area (Å²) in [6, 6.07) is 15.5. The molecule has 5 nitrogen and oxygen atoms in total. The first-order valence-electron chi connectivity index (χ1n) is 8.72. The summed E-state index contributed by atoms with van der Waals surface area (Å²) in [7, 11) is -2.75. The highest BCUT2D eigenvalue weighted by molar-refractivity contribution is 7.93. The summed E-state index contributed by atoms with van der Waals surface area (Å²) in [5.41, 5.74) is 0.760. The highest BCUT2D eigenvalue weighted by atomic mass is 35.5. The van der Waals surface area contributed by atoms with Crippen molar-refractivity contribution >= 4 is 38.2 Å². The van der Waals surface area contributed by atoms with Gasteiger partial charge < -0.3 is 9.30 Å². The Morgan fingerprint density at radius 3 is 2.43 bits per heavy atom. The SMILES string of the molecule is COc1ccc2c(S(=O)(=O)Nc3cc(F)c(Cl)cc3F)cn(-c3ccccc3)c2c1. The maximum absolute atomic E-state index is 14.2. The Labute approximate surface area is 176 Å². The number of hydrogen-bond donors (Lipinski definition) is 1. The van der Waals surface area contributed by atoms with Gasteiger partial charge in [-0.1, -0.05) is 29.8 Å². The number of halogens is 3. The predicted molar refractivity (Wildman–Crippen MR) is 112 cm³/mol. The molecule has 4 rings (SSSR count). The molecular weight excluding hydrogens is 434 g/mol. The van der Waals surface area contributed by atoms with Crippen LogP contribution < -0.4 is 9.46 Å². The number of fused-ring (bicyclic) bond motifs is 1. The molecule has 0 saturated carbocycles. The Hall–Kier alpha value is -3.10. The zero-order valence-electron chi connectivity index (χ0n) is 15.6. The number of nitrogens with one attached hydrogen (secondary N) is 1. The van der Waals surface area contributed by atoms with Crippen LogP contribution in [0.15, 0.2) is 71.8 Å². The van der Waals surface area contributed by atoms with Crippen LogP contribution in [-0.2, 0) is 10.0 Å². The number of benzene rings is 3. The van der Waals surface area contributed by atoms with Gasteiger partial charge in [0.15, 0.2) is 0 Å². The number of aromatic nitrogens is 1. The summed E-state index contributed by atoms with van der Waals surface area (Å²) in [6.07, 6.45) is 1.42. The molecule has 154 valence electrons. The molecule has 3 aromatic carbocycles. The van der Waals surface area contributed by atoms with Gasteiger partial charge in [0.2, 0.25) is 0 Å². The molecule has 0 radical (unpaired) electrons. The summed E-state index contributed by atoms with van der Waals surface area (Å²) < 4.78 is 63.1. The van der Waals surface area contributed by atoms with E-state index in [1.807, 2.05) is 30.3 Å². The first-order valence-corrected chi connectivity index (χ1v) is 10.6. The van der Waals surface area contributed by atoms with Crippen molar-refractivity contribution in [2.75, 3.05) is 11.8 Å². The summed E-state index contributed by atoms with van der Waals surface area (Å²) in [6.45, 7) is 0. The van der Waals surface area contributed by atoms with Gasteiger partial charge in [0.25, 0.3) is 10.0 Å². The molecule has 0 spiro atoms. The fraction of sp³-hybridized carbons (Fsp3) is 0.0476. The second-order valence-corrected chi connectivity index (χ2v) is 8.49. The highest BCUT2D eigenvalue weighted by Gasteiger charge is 2.24. The molecule has 0 unspecified atom stereocenters. The average molecular weight is 449 g/mol. The largest absolute Gasteiger partial charge is 0.497 e. The maximum atomic E-state index is 14.2. The quantitative estimate of drug-likeness (QED) is 0.417. The normalized spacial score (nSPS) is 11.6. The minimum atomic E-state index is -4.26. The van der Waals surface area contributed by atoms with E-state index in [-0.39, 0.29) is 4.90 Å². The van der Waals surface area contributed by atoms with Crippen molar-refractivity contribution in [3.05, 3.63) is 83.5 Å². The van der Waals surface area contributed by atoms with Gasteiger partial charge in [-0.2, -0.15) is 0 Å². The monoisotopic (exact) mass is 448 g/mol. The van der Waals surface area contributed by atoms with E-state index in [4.69, 9.17) is 16.3 Å². The van der Waals surface area contributed by atoms with Gasteiger partial charge in [0.1, 0.15) is 22.3 Å². The van der Waals surface area contributed by atoms with E-state index < -0.39 is 32.4 Å². The Morgan fingerprint density at radius 2 is 1.73 bits per heavy atom. The van der Waals surface area contributed by atoms with Crippen LogP contribution in [0.5, 0.6) is 5.75 Å². The number of para-hydroxylation sites is 1. The molecule has 30 heavy (non-hydrogen) atoms. The lowest BCUT2D eigenvalue weighted by Crippen LogP contribution is -2.14. The Bertz CT molecular complexity index is 1360. The van der Waals surface area contributed by atoms with E-state index in [9.17, 15) is 17.2 Å². The number of nitrogens with zero attached hydrogens (tertiary/aromatic N) is 1. The average Bonchev–Trinajstić information content (AvgIpc) is 3.12. The van der Waals surface area contributed by atoms with Gasteiger partial charge in [-0.05, 0) is 30.3 Å². The molecule has 0 fully saturated rings. The minimum Gasteiger partial charge on any atom is -0.497 e. The van der Waals surface area contributed by atoms with Crippen LogP contribution >= 0.6 is 11.6 Å². The van der Waals surface area contributed by atoms with Crippen LogP contribution in [-0.4, -0.2) is 20.1 Å². The summed E-state index contributed by atoms with van der Waals surface area (Å²) in [5, 5.41) is -0.0507. The number of hydrogen-bond acceptors (Lipinski definition) is 3. The van der Waals surface area contributed by atoms with Gasteiger partial charge in [0.05, 0.1) is 23.3 Å². The smallest absolute Gasteiger partial charge is 0.264 e. The van der Waals surface area contributed by atoms with Crippen LogP contribution in [0.4, 0.5) is 14.5 Å². The number of rotatable bonds is 5. The van der Waals surface area contributed by atoms with Crippen LogP contribution in [0.25, 0.3) is 16.6 Å². The van der Waals surface area contributed by atoms with Gasteiger partial charge in [-0.15, -0.1) is 0 Å². The second kappa shape index (κ2) is 7.62. The fourth-order valence-electron chi connectivity index (χ4n) is 3.12. The van der Waals surface area contributed by atoms with Crippen molar-refractivity contribution in [3.63, 3.8) is 0 Å². The molecule has 0 atom stereocenters. The summed E-state index contributed by atoms with van der Waals surface area (Å²) >= 11 is 5.54. The third kappa shape index (κ3) is 3.59. The Kier molecular flexibility index (Phi) is 5.13. The fourth-order valence-corrected chi connectivity index (χ4v) is 4.53. The van der Waals surface area contributed by atoms with Gasteiger partial charge in [-0.3, -0.25) is 4.72 Å². The number of ether oxygens (including phenoxy) is 1. The van der Waals surface area contributed by atoms with Crippen LogP contribution in [0, 0.1) is 11.6 Å². The summed E-state index contributed by atoms with van der Waals surface area (Å²) in [4.78, 5) is -0.0984. The van der Waals surface area contributed by atoms with Crippen molar-refractivity contribution in [2.24, 2.45) is 0 Å². The van der Waals surface area contributed by atoms with Crippen molar-refractivity contribution in [3.8, 4) is 11.4 Å². The van der Waals surface area contributed by atoms with Crippen molar-refractivity contribution in [1.29, 1.82) is 0 Å². The van der Waals surface area contributed by atoms with E-state index in [1.54, 1.807) is 22.8 Å².